The van der Waals surface area contributed by atoms with E-state index in [-0.39, 0.29) is 12.5 Å². The third-order valence-electron chi connectivity index (χ3n) is 3.43. The lowest BCUT2D eigenvalue weighted by Crippen LogP contribution is -2.30. The smallest absolute Gasteiger partial charge is 0.257 e. The molecule has 0 spiro atoms. The molecule has 6 nitrogen and oxygen atoms in total. The van der Waals surface area contributed by atoms with Gasteiger partial charge in [-0.25, -0.2) is 4.98 Å². The maximum atomic E-state index is 11.9. The number of hydrogen-bond acceptors (Lipinski definition) is 5. The highest BCUT2D eigenvalue weighted by atomic mass is 16.5. The first-order valence-corrected chi connectivity index (χ1v) is 7.63. The lowest BCUT2D eigenvalue weighted by molar-refractivity contribution is -0.123. The van der Waals surface area contributed by atoms with Crippen LogP contribution in [0.3, 0.4) is 0 Å². The topological polar surface area (TPSA) is 73.6 Å². The quantitative estimate of drug-likeness (QED) is 0.722. The number of hydrogen-bond donors (Lipinski definition) is 1. The van der Waals surface area contributed by atoms with Gasteiger partial charge in [0, 0.05) is 13.0 Å². The summed E-state index contributed by atoms with van der Waals surface area (Å²) in [5.74, 6) is 1.52. The number of amides is 1. The number of fused-ring (bicyclic) bond motifs is 1. The second-order valence-corrected chi connectivity index (χ2v) is 5.11. The summed E-state index contributed by atoms with van der Waals surface area (Å²) in [6.45, 7) is 0.356. The van der Waals surface area contributed by atoms with Gasteiger partial charge in [0.05, 0.1) is 7.11 Å². The van der Waals surface area contributed by atoms with Crippen molar-refractivity contribution in [2.45, 2.75) is 6.42 Å². The van der Waals surface area contributed by atoms with Gasteiger partial charge in [0.25, 0.3) is 5.91 Å². The zero-order valence-electron chi connectivity index (χ0n) is 13.3. The molecule has 0 bridgehead atoms. The number of nitrogens with one attached hydrogen (secondary N) is 1. The van der Waals surface area contributed by atoms with Crippen LogP contribution in [0.2, 0.25) is 0 Å². The predicted octanol–water partition coefficient (Wildman–Crippen LogP) is 2.57. The number of benzene rings is 2. The van der Waals surface area contributed by atoms with Crippen molar-refractivity contribution in [1.82, 2.24) is 10.3 Å². The first-order chi connectivity index (χ1) is 11.8. The van der Waals surface area contributed by atoms with Crippen molar-refractivity contribution in [3.05, 3.63) is 54.4 Å². The fourth-order valence-electron chi connectivity index (χ4n) is 2.27. The molecule has 1 aromatic heterocycles. The van der Waals surface area contributed by atoms with E-state index in [9.17, 15) is 4.79 Å². The Hall–Kier alpha value is -3.02. The number of carbonyl (C=O) groups excluding carboxylic acids is 1. The molecule has 1 amide bonds. The second-order valence-electron chi connectivity index (χ2n) is 5.11. The average molecular weight is 326 g/mol. The van der Waals surface area contributed by atoms with E-state index in [2.05, 4.69) is 10.3 Å². The van der Waals surface area contributed by atoms with E-state index in [1.807, 2.05) is 36.4 Å². The van der Waals surface area contributed by atoms with E-state index in [1.165, 1.54) is 0 Å². The van der Waals surface area contributed by atoms with Crippen molar-refractivity contribution >= 4 is 17.0 Å². The predicted molar refractivity (Wildman–Crippen MR) is 89.2 cm³/mol. The van der Waals surface area contributed by atoms with Gasteiger partial charge in [0.1, 0.15) is 5.52 Å². The lowest BCUT2D eigenvalue weighted by Gasteiger charge is -2.10. The summed E-state index contributed by atoms with van der Waals surface area (Å²) in [7, 11) is 1.56. The zero-order chi connectivity index (χ0) is 16.8. The zero-order valence-corrected chi connectivity index (χ0v) is 13.3. The molecule has 124 valence electrons. The van der Waals surface area contributed by atoms with E-state index in [4.69, 9.17) is 13.9 Å². The first kappa shape index (κ1) is 15.9. The highest BCUT2D eigenvalue weighted by Crippen LogP contribution is 2.25. The van der Waals surface area contributed by atoms with E-state index >= 15 is 0 Å². The molecule has 3 aromatic rings. The highest BCUT2D eigenvalue weighted by Gasteiger charge is 2.08. The van der Waals surface area contributed by atoms with Gasteiger partial charge in [-0.15, -0.1) is 0 Å². The number of para-hydroxylation sites is 4. The van der Waals surface area contributed by atoms with Gasteiger partial charge in [0.15, 0.2) is 29.6 Å². The molecule has 1 N–H and O–H groups in total. The van der Waals surface area contributed by atoms with E-state index in [1.54, 1.807) is 19.2 Å². The molecule has 0 fully saturated rings. The van der Waals surface area contributed by atoms with Gasteiger partial charge in [-0.05, 0) is 24.3 Å². The fraction of sp³-hybridized carbons (Fsp3) is 0.222. The molecular weight excluding hydrogens is 308 g/mol. The monoisotopic (exact) mass is 326 g/mol. The minimum absolute atomic E-state index is 0.0755. The second kappa shape index (κ2) is 7.50. The van der Waals surface area contributed by atoms with Gasteiger partial charge < -0.3 is 19.2 Å². The standard InChI is InChI=1S/C18H18N2O4/c1-22-15-8-4-5-9-16(15)23-12-17(21)19-11-10-18-20-13-6-2-3-7-14(13)24-18/h2-9H,10-12H2,1H3,(H,19,21). The lowest BCUT2D eigenvalue weighted by atomic mass is 10.3. The van der Waals surface area contributed by atoms with E-state index < -0.39 is 0 Å². The minimum Gasteiger partial charge on any atom is -0.493 e. The molecule has 0 saturated carbocycles. The van der Waals surface area contributed by atoms with Crippen LogP contribution in [0.1, 0.15) is 5.89 Å². The van der Waals surface area contributed by atoms with Crippen molar-refractivity contribution in [2.24, 2.45) is 0 Å². The van der Waals surface area contributed by atoms with Crippen LogP contribution in [0, 0.1) is 0 Å². The highest BCUT2D eigenvalue weighted by molar-refractivity contribution is 5.77. The molecule has 3 rings (SSSR count). The van der Waals surface area contributed by atoms with Gasteiger partial charge in [-0.3, -0.25) is 4.79 Å². The van der Waals surface area contributed by atoms with Crippen LogP contribution in [0.15, 0.2) is 52.9 Å². The SMILES string of the molecule is COc1ccccc1OCC(=O)NCCc1nc2ccccc2o1. The first-order valence-electron chi connectivity index (χ1n) is 7.63. The maximum absolute atomic E-state index is 11.9. The molecule has 0 aliphatic carbocycles. The molecular formula is C18H18N2O4. The summed E-state index contributed by atoms with van der Waals surface area (Å²) < 4.78 is 16.2. The number of rotatable bonds is 7. The van der Waals surface area contributed by atoms with Crippen molar-refractivity contribution in [3.63, 3.8) is 0 Å². The van der Waals surface area contributed by atoms with Crippen LogP contribution in [-0.2, 0) is 11.2 Å². The fourth-order valence-corrected chi connectivity index (χ4v) is 2.27. The average Bonchev–Trinajstić information content (AvgIpc) is 3.03. The van der Waals surface area contributed by atoms with Gasteiger partial charge >= 0.3 is 0 Å². The molecule has 0 radical (unpaired) electrons. The summed E-state index contributed by atoms with van der Waals surface area (Å²) in [5, 5.41) is 2.78. The van der Waals surface area contributed by atoms with Crippen molar-refractivity contribution in [2.75, 3.05) is 20.3 Å². The Morgan fingerprint density at radius 1 is 1.12 bits per heavy atom. The third-order valence-corrected chi connectivity index (χ3v) is 3.43. The van der Waals surface area contributed by atoms with E-state index in [0.717, 1.165) is 11.1 Å². The molecule has 0 saturated heterocycles. The van der Waals surface area contributed by atoms with Gasteiger partial charge in [-0.1, -0.05) is 24.3 Å². The number of ether oxygens (including phenoxy) is 2. The van der Waals surface area contributed by atoms with Crippen LogP contribution in [0.4, 0.5) is 0 Å². The van der Waals surface area contributed by atoms with Gasteiger partial charge in [-0.2, -0.15) is 0 Å². The molecule has 1 heterocycles. The van der Waals surface area contributed by atoms with Crippen LogP contribution >= 0.6 is 0 Å². The number of aromatic nitrogens is 1. The van der Waals surface area contributed by atoms with Crippen molar-refractivity contribution in [3.8, 4) is 11.5 Å². The molecule has 2 aromatic carbocycles. The summed E-state index contributed by atoms with van der Waals surface area (Å²) in [4.78, 5) is 16.2. The van der Waals surface area contributed by atoms with Crippen LogP contribution < -0.4 is 14.8 Å². The summed E-state index contributed by atoms with van der Waals surface area (Å²) in [5.41, 5.74) is 1.57. The number of methoxy groups -OCH3 is 1. The Morgan fingerprint density at radius 2 is 1.88 bits per heavy atom. The maximum Gasteiger partial charge on any atom is 0.257 e. The minimum atomic E-state index is -0.211. The van der Waals surface area contributed by atoms with E-state index in [0.29, 0.717) is 30.4 Å². The number of carbonyl (C=O) groups is 1. The third kappa shape index (κ3) is 3.84. The summed E-state index contributed by atoms with van der Waals surface area (Å²) >= 11 is 0. The van der Waals surface area contributed by atoms with Crippen LogP contribution in [-0.4, -0.2) is 31.2 Å². The largest absolute Gasteiger partial charge is 0.493 e. The van der Waals surface area contributed by atoms with Crippen molar-refractivity contribution < 1.29 is 18.7 Å². The molecule has 0 unspecified atom stereocenters. The molecule has 24 heavy (non-hydrogen) atoms. The Labute approximate surface area is 139 Å². The normalized spacial score (nSPS) is 10.5. The Bertz CT molecular complexity index is 796. The van der Waals surface area contributed by atoms with Crippen molar-refractivity contribution in [1.29, 1.82) is 0 Å². The molecule has 0 atom stereocenters. The number of nitrogens with zero attached hydrogens (tertiary/aromatic N) is 1. The van der Waals surface area contributed by atoms with Crippen LogP contribution in [0.25, 0.3) is 11.1 Å². The Kier molecular flexibility index (Phi) is 4.96. The molecule has 0 aliphatic rings. The van der Waals surface area contributed by atoms with Crippen LogP contribution in [0.5, 0.6) is 11.5 Å². The number of oxazole rings is 1. The Balaban J connectivity index is 1.45. The summed E-state index contributed by atoms with van der Waals surface area (Å²) in [6.07, 6.45) is 0.523. The summed E-state index contributed by atoms with van der Waals surface area (Å²) in [6, 6.07) is 14.8. The Morgan fingerprint density at radius 3 is 2.67 bits per heavy atom. The molecule has 0 aliphatic heterocycles. The molecule has 6 heteroatoms. The van der Waals surface area contributed by atoms with Gasteiger partial charge in [0.2, 0.25) is 0 Å².